The van der Waals surface area contributed by atoms with Gasteiger partial charge in [0, 0.05) is 6.07 Å². The summed E-state index contributed by atoms with van der Waals surface area (Å²) < 4.78 is 12.4. The fraction of sp³-hybridized carbons (Fsp3) is 0.375. The Kier molecular flexibility index (Phi) is 6.21. The van der Waals surface area contributed by atoms with Crippen LogP contribution in [0.1, 0.15) is 50.1 Å². The van der Waals surface area contributed by atoms with E-state index in [2.05, 4.69) is 10.4 Å². The number of esters is 1. The summed E-state index contributed by atoms with van der Waals surface area (Å²) in [5.41, 5.74) is 0.836. The molecule has 0 bridgehead atoms. The van der Waals surface area contributed by atoms with Gasteiger partial charge >= 0.3 is 5.97 Å². The van der Waals surface area contributed by atoms with Crippen LogP contribution in [0.15, 0.2) is 48.7 Å². The smallest absolute Gasteiger partial charge is 0.313 e. The number of rotatable bonds is 7. The Hall–Kier alpha value is -3.35. The van der Waals surface area contributed by atoms with Gasteiger partial charge in [-0.1, -0.05) is 37.1 Å². The van der Waals surface area contributed by atoms with Crippen molar-refractivity contribution in [1.82, 2.24) is 9.78 Å². The van der Waals surface area contributed by atoms with Crippen LogP contribution in [-0.4, -0.2) is 35.4 Å². The summed E-state index contributed by atoms with van der Waals surface area (Å²) in [5.74, 6) is 0.139. The highest BCUT2D eigenvalue weighted by atomic mass is 16.5. The Labute approximate surface area is 181 Å². The molecule has 1 fully saturated rings. The third-order valence-corrected chi connectivity index (χ3v) is 5.88. The van der Waals surface area contributed by atoms with E-state index in [0.717, 1.165) is 34.9 Å². The molecule has 1 heterocycles. The minimum atomic E-state index is -0.483. The second-order valence-electron chi connectivity index (χ2n) is 7.95. The molecule has 4 rings (SSSR count). The average molecular weight is 421 g/mol. The number of carbonyl (C=O) groups is 2. The van der Waals surface area contributed by atoms with Gasteiger partial charge in [-0.3, -0.25) is 9.59 Å². The molecule has 1 amide bonds. The molecule has 7 nitrogen and oxygen atoms in total. The normalized spacial score (nSPS) is 15.0. The lowest BCUT2D eigenvalue weighted by Gasteiger charge is -2.15. The van der Waals surface area contributed by atoms with Crippen LogP contribution in [0.5, 0.6) is 5.75 Å². The van der Waals surface area contributed by atoms with Crippen molar-refractivity contribution in [2.75, 3.05) is 19.0 Å². The maximum absolute atomic E-state index is 12.5. The average Bonchev–Trinajstić information content (AvgIpc) is 3.48. The Bertz CT molecular complexity index is 1090. The summed E-state index contributed by atoms with van der Waals surface area (Å²) in [4.78, 5) is 24.9. The molecule has 1 atom stereocenters. The van der Waals surface area contributed by atoms with Crippen molar-refractivity contribution < 1.29 is 19.1 Å². The number of anilines is 1. The molecule has 0 saturated heterocycles. The van der Waals surface area contributed by atoms with Crippen molar-refractivity contribution in [2.45, 2.75) is 44.6 Å². The van der Waals surface area contributed by atoms with Gasteiger partial charge in [0.15, 0.2) is 6.61 Å². The molecule has 0 spiro atoms. The zero-order valence-corrected chi connectivity index (χ0v) is 17.8. The number of hydrogen-bond acceptors (Lipinski definition) is 5. The molecule has 162 valence electrons. The van der Waals surface area contributed by atoms with Gasteiger partial charge in [-0.05, 0) is 48.2 Å². The number of amides is 1. The highest BCUT2D eigenvalue weighted by Crippen LogP contribution is 2.31. The number of nitrogens with one attached hydrogen (secondary N) is 1. The van der Waals surface area contributed by atoms with Crippen LogP contribution in [0.2, 0.25) is 0 Å². The Morgan fingerprint density at radius 3 is 2.65 bits per heavy atom. The first-order valence-electron chi connectivity index (χ1n) is 10.6. The molecule has 7 heteroatoms. The molecule has 1 saturated carbocycles. The molecule has 0 radical (unpaired) electrons. The molecule has 1 aromatic heterocycles. The van der Waals surface area contributed by atoms with Gasteiger partial charge in [-0.2, -0.15) is 5.10 Å². The topological polar surface area (TPSA) is 82.4 Å². The van der Waals surface area contributed by atoms with Crippen molar-refractivity contribution in [1.29, 1.82) is 0 Å². The van der Waals surface area contributed by atoms with Crippen molar-refractivity contribution in [2.24, 2.45) is 0 Å². The van der Waals surface area contributed by atoms with Crippen molar-refractivity contribution in [3.05, 3.63) is 54.2 Å². The van der Waals surface area contributed by atoms with E-state index in [4.69, 9.17) is 9.47 Å². The van der Waals surface area contributed by atoms with Gasteiger partial charge < -0.3 is 14.8 Å². The quantitative estimate of drug-likeness (QED) is 0.570. The second kappa shape index (κ2) is 9.20. The van der Waals surface area contributed by atoms with E-state index in [0.29, 0.717) is 11.9 Å². The third-order valence-electron chi connectivity index (χ3n) is 5.88. The maximum Gasteiger partial charge on any atom is 0.313 e. The van der Waals surface area contributed by atoms with Crippen molar-refractivity contribution in [3.8, 4) is 5.75 Å². The summed E-state index contributed by atoms with van der Waals surface area (Å²) in [6, 6.07) is 13.7. The van der Waals surface area contributed by atoms with E-state index in [9.17, 15) is 9.59 Å². The van der Waals surface area contributed by atoms with Crippen LogP contribution in [0.4, 0.5) is 5.82 Å². The van der Waals surface area contributed by atoms with Crippen molar-refractivity contribution >= 4 is 28.5 Å². The standard InChI is InChI=1S/C24H27N3O4/c1-16(17-7-8-19-14-21(30-2)10-9-18(19)13-17)24(29)31-15-23(28)26-22-11-12-25-27(22)20-5-3-4-6-20/h7-14,16,20H,3-6,15H2,1-2H3,(H,26,28)/t16-/m0/s1. The van der Waals surface area contributed by atoms with Crippen molar-refractivity contribution in [3.63, 3.8) is 0 Å². The summed E-state index contributed by atoms with van der Waals surface area (Å²) in [6.45, 7) is 1.45. The van der Waals surface area contributed by atoms with E-state index in [1.54, 1.807) is 26.3 Å². The van der Waals surface area contributed by atoms with Crippen LogP contribution in [0.25, 0.3) is 10.8 Å². The molecule has 3 aromatic rings. The van der Waals surface area contributed by atoms with E-state index >= 15 is 0 Å². The van der Waals surface area contributed by atoms with Gasteiger partial charge in [-0.25, -0.2) is 4.68 Å². The minimum Gasteiger partial charge on any atom is -0.497 e. The highest BCUT2D eigenvalue weighted by Gasteiger charge is 2.22. The fourth-order valence-electron chi connectivity index (χ4n) is 4.07. The largest absolute Gasteiger partial charge is 0.497 e. The number of benzene rings is 2. The first-order valence-corrected chi connectivity index (χ1v) is 10.6. The zero-order valence-electron chi connectivity index (χ0n) is 17.8. The summed E-state index contributed by atoms with van der Waals surface area (Å²) in [6.07, 6.45) is 6.16. The highest BCUT2D eigenvalue weighted by molar-refractivity contribution is 5.93. The Balaban J connectivity index is 1.34. The van der Waals surface area contributed by atoms with Crippen LogP contribution >= 0.6 is 0 Å². The molecule has 0 unspecified atom stereocenters. The zero-order chi connectivity index (χ0) is 21.8. The number of fused-ring (bicyclic) bond motifs is 1. The van der Waals surface area contributed by atoms with Gasteiger partial charge in [0.2, 0.25) is 0 Å². The van der Waals surface area contributed by atoms with Gasteiger partial charge in [-0.15, -0.1) is 0 Å². The number of ether oxygens (including phenoxy) is 2. The van der Waals surface area contributed by atoms with Crippen LogP contribution in [0, 0.1) is 0 Å². The summed E-state index contributed by atoms with van der Waals surface area (Å²) >= 11 is 0. The molecular weight excluding hydrogens is 394 g/mol. The van der Waals surface area contributed by atoms with E-state index in [1.807, 2.05) is 41.1 Å². The Morgan fingerprint density at radius 2 is 1.87 bits per heavy atom. The number of hydrogen-bond donors (Lipinski definition) is 1. The minimum absolute atomic E-state index is 0.320. The predicted molar refractivity (Wildman–Crippen MR) is 118 cm³/mol. The lowest BCUT2D eigenvalue weighted by molar-refractivity contribution is -0.148. The maximum atomic E-state index is 12.5. The van der Waals surface area contributed by atoms with Gasteiger partial charge in [0.1, 0.15) is 11.6 Å². The van der Waals surface area contributed by atoms with E-state index < -0.39 is 11.9 Å². The first kappa shape index (κ1) is 20.9. The summed E-state index contributed by atoms with van der Waals surface area (Å²) in [5, 5.41) is 9.18. The molecule has 1 aliphatic carbocycles. The van der Waals surface area contributed by atoms with E-state index in [1.165, 1.54) is 12.8 Å². The number of aromatic nitrogens is 2. The first-order chi connectivity index (χ1) is 15.0. The SMILES string of the molecule is COc1ccc2cc([C@H](C)C(=O)OCC(=O)Nc3ccnn3C3CCCC3)ccc2c1. The molecule has 31 heavy (non-hydrogen) atoms. The molecule has 1 N–H and O–H groups in total. The molecule has 2 aromatic carbocycles. The predicted octanol–water partition coefficient (Wildman–Crippen LogP) is 4.45. The van der Waals surface area contributed by atoms with Crippen LogP contribution in [0.3, 0.4) is 0 Å². The lowest BCUT2D eigenvalue weighted by atomic mass is 9.98. The monoisotopic (exact) mass is 421 g/mol. The summed E-state index contributed by atoms with van der Waals surface area (Å²) in [7, 11) is 1.63. The van der Waals surface area contributed by atoms with Gasteiger partial charge in [0.25, 0.3) is 5.91 Å². The number of methoxy groups -OCH3 is 1. The molecule has 0 aliphatic heterocycles. The fourth-order valence-corrected chi connectivity index (χ4v) is 4.07. The van der Waals surface area contributed by atoms with Crippen LogP contribution < -0.4 is 10.1 Å². The van der Waals surface area contributed by atoms with E-state index in [-0.39, 0.29) is 12.5 Å². The molecular formula is C24H27N3O4. The lowest BCUT2D eigenvalue weighted by Crippen LogP contribution is -2.24. The third kappa shape index (κ3) is 4.71. The van der Waals surface area contributed by atoms with Crippen LogP contribution in [-0.2, 0) is 14.3 Å². The Morgan fingerprint density at radius 1 is 1.13 bits per heavy atom. The van der Waals surface area contributed by atoms with Gasteiger partial charge in [0.05, 0.1) is 25.3 Å². The number of carbonyl (C=O) groups excluding carboxylic acids is 2. The second-order valence-corrected chi connectivity index (χ2v) is 7.95. The molecule has 1 aliphatic rings. The number of nitrogens with zero attached hydrogens (tertiary/aromatic N) is 2.